The smallest absolute Gasteiger partial charge is 0.490 e. The standard InChI is InChI=1S/C19H25N3O4S.C2HF3O2/c1-25-14-15-3-5-16(6-4-15)21-27(23,24)17-7-8-19(26-2)18(13-17)22-11-9-20-10-12-22;3-2(4,5)1(6)7/h3-8,13,20-21H,9-12,14H2,1-2H3;(H,6,7). The highest BCUT2D eigenvalue weighted by Gasteiger charge is 2.38. The molecule has 0 bridgehead atoms. The van der Waals surface area contributed by atoms with Crippen LogP contribution in [0.3, 0.4) is 0 Å². The van der Waals surface area contributed by atoms with Crippen LogP contribution in [0.5, 0.6) is 5.75 Å². The van der Waals surface area contributed by atoms with Crippen LogP contribution >= 0.6 is 0 Å². The van der Waals surface area contributed by atoms with Gasteiger partial charge in [0.25, 0.3) is 10.0 Å². The van der Waals surface area contributed by atoms with Crippen LogP contribution in [0.2, 0.25) is 0 Å². The summed E-state index contributed by atoms with van der Waals surface area (Å²) < 4.78 is 70.5. The van der Waals surface area contributed by atoms with Crippen molar-refractivity contribution < 1.29 is 41.0 Å². The number of methoxy groups -OCH3 is 2. The van der Waals surface area contributed by atoms with Gasteiger partial charge in [-0.2, -0.15) is 13.2 Å². The number of nitrogens with zero attached hydrogens (tertiary/aromatic N) is 1. The molecule has 3 rings (SSSR count). The molecule has 1 heterocycles. The van der Waals surface area contributed by atoms with Crippen molar-refractivity contribution in [3.63, 3.8) is 0 Å². The molecule has 188 valence electrons. The number of anilines is 2. The Kier molecular flexibility index (Phi) is 9.53. The molecule has 2 aromatic carbocycles. The Morgan fingerprint density at radius 2 is 1.71 bits per heavy atom. The molecule has 34 heavy (non-hydrogen) atoms. The summed E-state index contributed by atoms with van der Waals surface area (Å²) in [5.41, 5.74) is 2.28. The number of hydrogen-bond acceptors (Lipinski definition) is 7. The predicted molar refractivity (Wildman–Crippen MR) is 120 cm³/mol. The van der Waals surface area contributed by atoms with Gasteiger partial charge in [-0.1, -0.05) is 12.1 Å². The van der Waals surface area contributed by atoms with E-state index in [1.54, 1.807) is 44.6 Å². The zero-order valence-electron chi connectivity index (χ0n) is 18.6. The first kappa shape index (κ1) is 27.2. The maximum atomic E-state index is 12.8. The van der Waals surface area contributed by atoms with Crippen molar-refractivity contribution in [3.8, 4) is 5.75 Å². The summed E-state index contributed by atoms with van der Waals surface area (Å²) >= 11 is 0. The van der Waals surface area contributed by atoms with E-state index >= 15 is 0 Å². The molecule has 0 aromatic heterocycles. The number of sulfonamides is 1. The van der Waals surface area contributed by atoms with Crippen molar-refractivity contribution in [2.75, 3.05) is 50.0 Å². The summed E-state index contributed by atoms with van der Waals surface area (Å²) in [6.45, 7) is 3.79. The lowest BCUT2D eigenvalue weighted by Crippen LogP contribution is -2.43. The van der Waals surface area contributed by atoms with E-state index in [1.165, 1.54) is 0 Å². The molecule has 0 unspecified atom stereocenters. The highest BCUT2D eigenvalue weighted by Crippen LogP contribution is 2.32. The van der Waals surface area contributed by atoms with Gasteiger partial charge in [0, 0.05) is 39.0 Å². The lowest BCUT2D eigenvalue weighted by atomic mass is 10.2. The first-order valence-electron chi connectivity index (χ1n) is 10.0. The Labute approximate surface area is 195 Å². The van der Waals surface area contributed by atoms with Crippen LogP contribution in [0, 0.1) is 0 Å². The highest BCUT2D eigenvalue weighted by atomic mass is 32.2. The van der Waals surface area contributed by atoms with Gasteiger partial charge in [-0.25, -0.2) is 13.2 Å². The zero-order chi connectivity index (χ0) is 25.4. The van der Waals surface area contributed by atoms with Gasteiger partial charge in [-0.15, -0.1) is 0 Å². The number of carboxylic acids is 1. The van der Waals surface area contributed by atoms with E-state index in [2.05, 4.69) is 14.9 Å². The van der Waals surface area contributed by atoms with Crippen molar-refractivity contribution in [1.82, 2.24) is 5.32 Å². The third kappa shape index (κ3) is 7.78. The summed E-state index contributed by atoms with van der Waals surface area (Å²) in [5, 5.41) is 10.4. The van der Waals surface area contributed by atoms with E-state index in [0.717, 1.165) is 37.4 Å². The average molecular weight is 506 g/mol. The van der Waals surface area contributed by atoms with Gasteiger partial charge < -0.3 is 24.8 Å². The van der Waals surface area contributed by atoms with Gasteiger partial charge in [-0.05, 0) is 35.9 Å². The van der Waals surface area contributed by atoms with E-state index in [0.29, 0.717) is 18.0 Å². The topological polar surface area (TPSA) is 117 Å². The number of aliphatic carboxylic acids is 1. The van der Waals surface area contributed by atoms with E-state index in [-0.39, 0.29) is 4.90 Å². The van der Waals surface area contributed by atoms with Gasteiger partial charge in [0.2, 0.25) is 0 Å². The van der Waals surface area contributed by atoms with Crippen molar-refractivity contribution in [3.05, 3.63) is 48.0 Å². The summed E-state index contributed by atoms with van der Waals surface area (Å²) in [6.07, 6.45) is -5.08. The maximum absolute atomic E-state index is 12.8. The molecule has 1 fully saturated rings. The molecule has 2 aromatic rings. The van der Waals surface area contributed by atoms with Crippen LogP contribution in [0.1, 0.15) is 5.56 Å². The fourth-order valence-electron chi connectivity index (χ4n) is 3.04. The Hall–Kier alpha value is -3.03. The second-order valence-electron chi connectivity index (χ2n) is 7.11. The quantitative estimate of drug-likeness (QED) is 0.526. The van der Waals surface area contributed by atoms with Crippen LogP contribution in [0.4, 0.5) is 24.5 Å². The second-order valence-corrected chi connectivity index (χ2v) is 8.79. The minimum absolute atomic E-state index is 0.206. The molecule has 3 N–H and O–H groups in total. The minimum Gasteiger partial charge on any atom is -0.495 e. The summed E-state index contributed by atoms with van der Waals surface area (Å²) in [7, 11) is -0.490. The van der Waals surface area contributed by atoms with E-state index in [1.807, 2.05) is 12.1 Å². The number of nitrogens with one attached hydrogen (secondary N) is 2. The first-order chi connectivity index (χ1) is 16.0. The Morgan fingerprint density at radius 3 is 2.21 bits per heavy atom. The number of carboxylic acid groups (broad SMARTS) is 1. The van der Waals surface area contributed by atoms with Gasteiger partial charge in [0.05, 0.1) is 24.3 Å². The zero-order valence-corrected chi connectivity index (χ0v) is 19.4. The molecular weight excluding hydrogens is 479 g/mol. The van der Waals surface area contributed by atoms with Crippen LogP contribution in [-0.2, 0) is 26.2 Å². The van der Waals surface area contributed by atoms with Gasteiger partial charge in [0.15, 0.2) is 0 Å². The van der Waals surface area contributed by atoms with E-state index < -0.39 is 22.2 Å². The largest absolute Gasteiger partial charge is 0.495 e. The number of halogens is 3. The average Bonchev–Trinajstić information content (AvgIpc) is 2.80. The summed E-state index contributed by atoms with van der Waals surface area (Å²) in [4.78, 5) is 11.2. The second kappa shape index (κ2) is 11.9. The molecule has 0 saturated carbocycles. The number of ether oxygens (including phenoxy) is 2. The number of rotatable bonds is 7. The molecule has 0 aliphatic carbocycles. The minimum atomic E-state index is -5.08. The maximum Gasteiger partial charge on any atom is 0.490 e. The molecule has 0 amide bonds. The Bertz CT molecular complexity index is 1060. The molecule has 1 aliphatic heterocycles. The normalized spacial score (nSPS) is 14.1. The number of carbonyl (C=O) groups is 1. The molecule has 0 spiro atoms. The Morgan fingerprint density at radius 1 is 1.12 bits per heavy atom. The van der Waals surface area contributed by atoms with Gasteiger partial charge in [0.1, 0.15) is 5.75 Å². The van der Waals surface area contributed by atoms with Crippen molar-refractivity contribution in [2.24, 2.45) is 0 Å². The fourth-order valence-corrected chi connectivity index (χ4v) is 4.12. The lowest BCUT2D eigenvalue weighted by molar-refractivity contribution is -0.192. The monoisotopic (exact) mass is 505 g/mol. The summed E-state index contributed by atoms with van der Waals surface area (Å²) in [6, 6.07) is 12.1. The van der Waals surface area contributed by atoms with Crippen molar-refractivity contribution in [2.45, 2.75) is 17.7 Å². The van der Waals surface area contributed by atoms with Gasteiger partial charge >= 0.3 is 12.1 Å². The SMILES string of the molecule is COCc1ccc(NS(=O)(=O)c2ccc(OC)c(N3CCNCC3)c2)cc1.O=C(O)C(F)(F)F. The highest BCUT2D eigenvalue weighted by molar-refractivity contribution is 7.92. The molecule has 0 radical (unpaired) electrons. The molecule has 1 saturated heterocycles. The lowest BCUT2D eigenvalue weighted by Gasteiger charge is -2.30. The molecular formula is C21H26F3N3O6S. The van der Waals surface area contributed by atoms with E-state index in [9.17, 15) is 21.6 Å². The predicted octanol–water partition coefficient (Wildman–Crippen LogP) is 2.69. The van der Waals surface area contributed by atoms with E-state index in [4.69, 9.17) is 19.4 Å². The molecule has 0 atom stereocenters. The fraction of sp³-hybridized carbons (Fsp3) is 0.381. The van der Waals surface area contributed by atoms with Crippen LogP contribution in [0.25, 0.3) is 0 Å². The molecule has 1 aliphatic rings. The molecule has 13 heteroatoms. The van der Waals surface area contributed by atoms with Gasteiger partial charge in [-0.3, -0.25) is 4.72 Å². The Balaban J connectivity index is 0.000000509. The molecule has 9 nitrogen and oxygen atoms in total. The van der Waals surface area contributed by atoms with Crippen molar-refractivity contribution >= 4 is 27.4 Å². The number of hydrogen-bond donors (Lipinski definition) is 3. The first-order valence-corrected chi connectivity index (χ1v) is 11.5. The van der Waals surface area contributed by atoms with Crippen molar-refractivity contribution in [1.29, 1.82) is 0 Å². The third-order valence-electron chi connectivity index (χ3n) is 4.68. The van der Waals surface area contributed by atoms with Crippen LogP contribution in [0.15, 0.2) is 47.4 Å². The van der Waals surface area contributed by atoms with Crippen LogP contribution < -0.4 is 19.7 Å². The van der Waals surface area contributed by atoms with Crippen LogP contribution in [-0.4, -0.2) is 66.1 Å². The third-order valence-corrected chi connectivity index (χ3v) is 6.06. The summed E-state index contributed by atoms with van der Waals surface area (Å²) in [5.74, 6) is -2.09. The number of benzene rings is 2. The number of piperazine rings is 1. The number of alkyl halides is 3.